The minimum Gasteiger partial charge on any atom is -0.476 e. The molecule has 0 saturated heterocycles. The summed E-state index contributed by atoms with van der Waals surface area (Å²) in [5.74, 6) is -0.534. The molecule has 7 nitrogen and oxygen atoms in total. The summed E-state index contributed by atoms with van der Waals surface area (Å²) in [6, 6.07) is 0. The van der Waals surface area contributed by atoms with Crippen LogP contribution in [-0.4, -0.2) is 37.9 Å². The van der Waals surface area contributed by atoms with Crippen molar-refractivity contribution in [2.75, 3.05) is 11.4 Å². The smallest absolute Gasteiger partial charge is 0.356 e. The number of rotatable bonds is 3. The molecular formula is C12H12N4O3S. The van der Waals surface area contributed by atoms with Gasteiger partial charge in [0.05, 0.1) is 6.54 Å². The highest BCUT2D eigenvalue weighted by Crippen LogP contribution is 2.29. The van der Waals surface area contributed by atoms with E-state index in [1.807, 2.05) is 15.7 Å². The Morgan fingerprint density at radius 3 is 2.85 bits per heavy atom. The van der Waals surface area contributed by atoms with Gasteiger partial charge in [0.2, 0.25) is 0 Å². The van der Waals surface area contributed by atoms with Crippen LogP contribution in [-0.2, 0) is 13.1 Å². The quantitative estimate of drug-likeness (QED) is 0.857. The van der Waals surface area contributed by atoms with Crippen molar-refractivity contribution in [3.8, 4) is 0 Å². The van der Waals surface area contributed by atoms with Gasteiger partial charge in [-0.15, -0.1) is 0 Å². The number of Topliss-reactive ketones (excluding diaryl/α,β-unsaturated/α-hetero) is 1. The third kappa shape index (κ3) is 2.07. The molecule has 1 aliphatic rings. The van der Waals surface area contributed by atoms with Crippen molar-refractivity contribution in [1.82, 2.24) is 14.5 Å². The minimum absolute atomic E-state index is 0.161. The van der Waals surface area contributed by atoms with Crippen LogP contribution >= 0.6 is 11.3 Å². The second-order valence-corrected chi connectivity index (χ2v) is 5.47. The van der Waals surface area contributed by atoms with Crippen LogP contribution in [0.15, 0.2) is 12.4 Å². The molecule has 0 atom stereocenters. The van der Waals surface area contributed by atoms with Gasteiger partial charge in [-0.05, 0) is 0 Å². The molecule has 0 aliphatic carbocycles. The first-order valence-electron chi connectivity index (χ1n) is 6.06. The fourth-order valence-corrected chi connectivity index (χ4v) is 3.14. The Labute approximate surface area is 118 Å². The largest absolute Gasteiger partial charge is 0.476 e. The van der Waals surface area contributed by atoms with Crippen LogP contribution in [0.4, 0.5) is 5.13 Å². The van der Waals surface area contributed by atoms with Crippen molar-refractivity contribution in [1.29, 1.82) is 0 Å². The monoisotopic (exact) mass is 292 g/mol. The third-order valence-electron chi connectivity index (χ3n) is 3.15. The first kappa shape index (κ1) is 12.8. The Hall–Kier alpha value is -2.22. The average molecular weight is 292 g/mol. The Morgan fingerprint density at radius 2 is 2.20 bits per heavy atom. The average Bonchev–Trinajstić information content (AvgIpc) is 3.04. The highest BCUT2D eigenvalue weighted by atomic mass is 32.1. The van der Waals surface area contributed by atoms with E-state index in [2.05, 4.69) is 9.97 Å². The highest BCUT2D eigenvalue weighted by molar-refractivity contribution is 7.17. The number of aromatic carboxylic acids is 1. The summed E-state index contributed by atoms with van der Waals surface area (Å²) in [7, 11) is 0. The maximum absolute atomic E-state index is 11.5. The number of hydrogen-bond donors (Lipinski definition) is 1. The molecule has 2 aromatic heterocycles. The van der Waals surface area contributed by atoms with Gasteiger partial charge in [0.15, 0.2) is 16.6 Å². The highest BCUT2D eigenvalue weighted by Gasteiger charge is 2.25. The normalized spacial score (nSPS) is 14.2. The van der Waals surface area contributed by atoms with Gasteiger partial charge < -0.3 is 14.6 Å². The van der Waals surface area contributed by atoms with Gasteiger partial charge in [0.1, 0.15) is 10.7 Å². The number of carbonyl (C=O) groups excluding carboxylic acids is 1. The molecule has 0 radical (unpaired) electrons. The van der Waals surface area contributed by atoms with E-state index in [4.69, 9.17) is 5.11 Å². The molecule has 3 rings (SSSR count). The summed E-state index contributed by atoms with van der Waals surface area (Å²) < 4.78 is 2.05. The SMILES string of the molecule is CC(=O)c1sc(N2CCn3ccnc3C2)nc1C(=O)O. The number of aromatic nitrogens is 3. The molecule has 20 heavy (non-hydrogen) atoms. The Kier molecular flexibility index (Phi) is 3.01. The number of carbonyl (C=O) groups is 2. The lowest BCUT2D eigenvalue weighted by Crippen LogP contribution is -2.33. The number of hydrogen-bond acceptors (Lipinski definition) is 6. The van der Waals surface area contributed by atoms with Gasteiger partial charge in [0, 0.05) is 32.4 Å². The zero-order valence-corrected chi connectivity index (χ0v) is 11.6. The maximum Gasteiger partial charge on any atom is 0.356 e. The lowest BCUT2D eigenvalue weighted by Gasteiger charge is -2.27. The van der Waals surface area contributed by atoms with Crippen molar-refractivity contribution in [3.05, 3.63) is 28.8 Å². The molecule has 0 amide bonds. The molecule has 1 aliphatic heterocycles. The number of imidazole rings is 1. The van der Waals surface area contributed by atoms with Gasteiger partial charge in [-0.25, -0.2) is 14.8 Å². The lowest BCUT2D eigenvalue weighted by molar-refractivity contribution is 0.0687. The second kappa shape index (κ2) is 4.71. The number of thiazole rings is 1. The molecule has 1 N–H and O–H groups in total. The van der Waals surface area contributed by atoms with E-state index in [9.17, 15) is 9.59 Å². The first-order chi connectivity index (χ1) is 9.56. The first-order valence-corrected chi connectivity index (χ1v) is 6.88. The molecule has 0 fully saturated rings. The molecule has 104 valence electrons. The molecule has 3 heterocycles. The predicted octanol–water partition coefficient (Wildman–Crippen LogP) is 1.26. The van der Waals surface area contributed by atoms with Crippen LogP contribution in [0.1, 0.15) is 32.9 Å². The Morgan fingerprint density at radius 1 is 1.40 bits per heavy atom. The van der Waals surface area contributed by atoms with E-state index in [0.717, 1.165) is 23.7 Å². The number of anilines is 1. The van der Waals surface area contributed by atoms with E-state index < -0.39 is 5.97 Å². The zero-order valence-electron chi connectivity index (χ0n) is 10.7. The Bertz CT molecular complexity index is 659. The summed E-state index contributed by atoms with van der Waals surface area (Å²) in [5, 5.41) is 9.67. The molecule has 0 spiro atoms. The van der Waals surface area contributed by atoms with Crippen LogP contribution in [0.3, 0.4) is 0 Å². The molecule has 8 heteroatoms. The summed E-state index contributed by atoms with van der Waals surface area (Å²) in [6.45, 7) is 3.41. The summed E-state index contributed by atoms with van der Waals surface area (Å²) >= 11 is 1.13. The number of ketones is 1. The molecule has 0 unspecified atom stereocenters. The van der Waals surface area contributed by atoms with Crippen LogP contribution in [0.25, 0.3) is 0 Å². The lowest BCUT2D eigenvalue weighted by atomic mass is 10.3. The van der Waals surface area contributed by atoms with E-state index in [-0.39, 0.29) is 16.4 Å². The van der Waals surface area contributed by atoms with Gasteiger partial charge in [-0.3, -0.25) is 4.79 Å². The van der Waals surface area contributed by atoms with Crippen LogP contribution in [0.2, 0.25) is 0 Å². The minimum atomic E-state index is -1.17. The van der Waals surface area contributed by atoms with E-state index in [1.165, 1.54) is 6.92 Å². The molecule has 0 aromatic carbocycles. The number of fused-ring (bicyclic) bond motifs is 1. The number of carboxylic acid groups (broad SMARTS) is 1. The van der Waals surface area contributed by atoms with Crippen molar-refractivity contribution in [2.45, 2.75) is 20.0 Å². The fraction of sp³-hybridized carbons (Fsp3) is 0.333. The topological polar surface area (TPSA) is 88.3 Å². The second-order valence-electron chi connectivity index (χ2n) is 4.49. The van der Waals surface area contributed by atoms with E-state index in [0.29, 0.717) is 18.2 Å². The van der Waals surface area contributed by atoms with Crippen molar-refractivity contribution >= 4 is 28.2 Å². The number of carboxylic acids is 1. The maximum atomic E-state index is 11.5. The van der Waals surface area contributed by atoms with Gasteiger partial charge in [0.25, 0.3) is 0 Å². The van der Waals surface area contributed by atoms with Crippen LogP contribution < -0.4 is 4.90 Å². The summed E-state index contributed by atoms with van der Waals surface area (Å²) in [6.07, 6.45) is 3.66. The van der Waals surface area contributed by atoms with E-state index in [1.54, 1.807) is 6.20 Å². The Balaban J connectivity index is 1.94. The fourth-order valence-electron chi connectivity index (χ4n) is 2.16. The zero-order chi connectivity index (χ0) is 14.3. The third-order valence-corrected chi connectivity index (χ3v) is 4.37. The summed E-state index contributed by atoms with van der Waals surface area (Å²) in [5.41, 5.74) is -0.161. The van der Waals surface area contributed by atoms with Crippen molar-refractivity contribution in [3.63, 3.8) is 0 Å². The van der Waals surface area contributed by atoms with E-state index >= 15 is 0 Å². The number of nitrogens with zero attached hydrogens (tertiary/aromatic N) is 4. The molecule has 2 aromatic rings. The van der Waals surface area contributed by atoms with Crippen LogP contribution in [0.5, 0.6) is 0 Å². The van der Waals surface area contributed by atoms with Gasteiger partial charge >= 0.3 is 5.97 Å². The van der Waals surface area contributed by atoms with Crippen molar-refractivity contribution in [2.24, 2.45) is 0 Å². The molecule has 0 bridgehead atoms. The van der Waals surface area contributed by atoms with Gasteiger partial charge in [-0.2, -0.15) is 0 Å². The van der Waals surface area contributed by atoms with Crippen LogP contribution in [0, 0.1) is 0 Å². The summed E-state index contributed by atoms with van der Waals surface area (Å²) in [4.78, 5) is 33.1. The van der Waals surface area contributed by atoms with Crippen molar-refractivity contribution < 1.29 is 14.7 Å². The van der Waals surface area contributed by atoms with Gasteiger partial charge in [-0.1, -0.05) is 11.3 Å². The molecular weight excluding hydrogens is 280 g/mol. The predicted molar refractivity (Wildman–Crippen MR) is 72.4 cm³/mol. The molecule has 0 saturated carbocycles. The standard InChI is InChI=1S/C12H12N4O3S/c1-7(17)10-9(11(18)19)14-12(20-10)16-5-4-15-3-2-13-8(15)6-16/h2-3H,4-6H2,1H3,(H,18,19).